The van der Waals surface area contributed by atoms with Gasteiger partial charge in [0, 0.05) is 21.5 Å². The molecule has 2 rings (SSSR count). The topological polar surface area (TPSA) is 17.8 Å². The van der Waals surface area contributed by atoms with Gasteiger partial charge < -0.3 is 4.57 Å². The first-order valence-electron chi connectivity index (χ1n) is 6.63. The fraction of sp³-hybridized carbons (Fsp3) is 0.400. The lowest BCUT2D eigenvalue weighted by molar-refractivity contribution is 0.664. The molecule has 0 saturated heterocycles. The predicted molar refractivity (Wildman–Crippen MR) is 87.3 cm³/mol. The molecule has 2 aromatic rings. The van der Waals surface area contributed by atoms with E-state index in [0.29, 0.717) is 16.0 Å². The van der Waals surface area contributed by atoms with E-state index >= 15 is 0 Å². The molecule has 1 aromatic heterocycles. The molecule has 5 heteroatoms. The zero-order valence-electron chi connectivity index (χ0n) is 12.1. The Kier molecular flexibility index (Phi) is 5.05. The first-order chi connectivity index (χ1) is 9.42. The Morgan fingerprint density at radius 3 is 2.30 bits per heavy atom. The van der Waals surface area contributed by atoms with E-state index < -0.39 is 0 Å². The summed E-state index contributed by atoms with van der Waals surface area (Å²) in [6.45, 7) is 9.41. The number of hydrogen-bond donors (Lipinski definition) is 0. The quantitative estimate of drug-likeness (QED) is 0.706. The van der Waals surface area contributed by atoms with Crippen LogP contribution >= 0.6 is 35.0 Å². The molecule has 2 nitrogen and oxygen atoms in total. The molecule has 20 heavy (non-hydrogen) atoms. The van der Waals surface area contributed by atoms with Crippen molar-refractivity contribution in [3.8, 4) is 0 Å². The van der Waals surface area contributed by atoms with Gasteiger partial charge in [0.25, 0.3) is 0 Å². The van der Waals surface area contributed by atoms with Crippen LogP contribution in [0.25, 0.3) is 0 Å². The lowest BCUT2D eigenvalue weighted by Crippen LogP contribution is -1.99. The average molecular weight is 329 g/mol. The van der Waals surface area contributed by atoms with Crippen LogP contribution < -0.4 is 0 Å². The molecular weight excluding hydrogens is 311 g/mol. The Labute approximate surface area is 134 Å². The van der Waals surface area contributed by atoms with Crippen molar-refractivity contribution < 1.29 is 0 Å². The van der Waals surface area contributed by atoms with Gasteiger partial charge in [-0.05, 0) is 38.0 Å². The largest absolute Gasteiger partial charge is 0.323 e. The number of imidazole rings is 1. The maximum absolute atomic E-state index is 6.08. The fourth-order valence-corrected chi connectivity index (χ4v) is 4.13. The number of hydrogen-bond acceptors (Lipinski definition) is 2. The molecule has 0 spiro atoms. The summed E-state index contributed by atoms with van der Waals surface area (Å²) in [5.74, 6) is 1.44. The highest BCUT2D eigenvalue weighted by Crippen LogP contribution is 2.36. The molecule has 0 atom stereocenters. The van der Waals surface area contributed by atoms with Gasteiger partial charge >= 0.3 is 0 Å². The second-order valence-corrected chi connectivity index (χ2v) is 6.89. The number of aryl methyl sites for hydroxylation is 1. The summed E-state index contributed by atoms with van der Waals surface area (Å²) in [6.07, 6.45) is 0. The van der Waals surface area contributed by atoms with Gasteiger partial charge in [-0.15, -0.1) is 0 Å². The molecule has 0 fully saturated rings. The smallest absolute Gasteiger partial charge is 0.106 e. The normalized spacial score (nSPS) is 11.3. The van der Waals surface area contributed by atoms with E-state index in [1.165, 1.54) is 5.03 Å². The molecule has 0 N–H and O–H groups in total. The van der Waals surface area contributed by atoms with Crippen molar-refractivity contribution in [2.75, 3.05) is 0 Å². The van der Waals surface area contributed by atoms with Crippen molar-refractivity contribution in [2.45, 2.75) is 50.1 Å². The van der Waals surface area contributed by atoms with Gasteiger partial charge in [-0.2, -0.15) is 0 Å². The Hall–Kier alpha value is -0.640. The van der Waals surface area contributed by atoms with Crippen molar-refractivity contribution in [3.05, 3.63) is 39.8 Å². The highest BCUT2D eigenvalue weighted by Gasteiger charge is 2.17. The van der Waals surface area contributed by atoms with Gasteiger partial charge in [0.15, 0.2) is 0 Å². The average Bonchev–Trinajstić information content (AvgIpc) is 2.64. The molecule has 1 aromatic carbocycles. The van der Waals surface area contributed by atoms with Crippen LogP contribution in [-0.2, 0) is 6.54 Å². The summed E-state index contributed by atoms with van der Waals surface area (Å²) < 4.78 is 2.23. The van der Waals surface area contributed by atoms with E-state index in [9.17, 15) is 0 Å². The Bertz CT molecular complexity index is 600. The van der Waals surface area contributed by atoms with Crippen LogP contribution in [0.15, 0.2) is 28.1 Å². The van der Waals surface area contributed by atoms with Crippen LogP contribution in [0.4, 0.5) is 0 Å². The second kappa shape index (κ2) is 6.42. The van der Waals surface area contributed by atoms with Gasteiger partial charge in [0.1, 0.15) is 10.9 Å². The molecule has 0 aliphatic heterocycles. The predicted octanol–water partition coefficient (Wildman–Crippen LogP) is 5.79. The zero-order chi connectivity index (χ0) is 14.9. The highest BCUT2D eigenvalue weighted by atomic mass is 35.5. The van der Waals surface area contributed by atoms with Gasteiger partial charge in [0.2, 0.25) is 0 Å². The molecule has 0 saturated carbocycles. The Balaban J connectivity index is 2.46. The summed E-state index contributed by atoms with van der Waals surface area (Å²) in [7, 11) is 0. The molecule has 0 amide bonds. The molecule has 1 heterocycles. The maximum Gasteiger partial charge on any atom is 0.106 e. The summed E-state index contributed by atoms with van der Waals surface area (Å²) in [5.41, 5.74) is 1.13. The lowest BCUT2D eigenvalue weighted by Gasteiger charge is -2.11. The Morgan fingerprint density at radius 1 is 1.20 bits per heavy atom. The minimum atomic E-state index is 0.388. The number of aromatic nitrogens is 2. The van der Waals surface area contributed by atoms with Crippen LogP contribution in [0.1, 0.15) is 38.2 Å². The van der Waals surface area contributed by atoms with Crippen LogP contribution in [0.5, 0.6) is 0 Å². The second-order valence-electron chi connectivity index (χ2n) is 4.96. The third kappa shape index (κ3) is 3.33. The summed E-state index contributed by atoms with van der Waals surface area (Å²) in [6, 6.07) is 5.62. The third-order valence-corrected chi connectivity index (χ3v) is 4.58. The maximum atomic E-state index is 6.08. The first kappa shape index (κ1) is 15.7. The van der Waals surface area contributed by atoms with Crippen molar-refractivity contribution >= 4 is 35.0 Å². The van der Waals surface area contributed by atoms with Crippen LogP contribution in [0.2, 0.25) is 10.0 Å². The standard InChI is InChI=1S/C15H18Cl2N2S/c1-5-19-10(4)18-14(9(2)3)15(19)20-13-7-11(16)6-12(17)8-13/h6-9H,5H2,1-4H3. The fourth-order valence-electron chi connectivity index (χ4n) is 2.12. The van der Waals surface area contributed by atoms with E-state index in [1.54, 1.807) is 17.8 Å². The molecule has 108 valence electrons. The lowest BCUT2D eigenvalue weighted by atomic mass is 10.1. The van der Waals surface area contributed by atoms with E-state index in [0.717, 1.165) is 23.0 Å². The molecule has 0 unspecified atom stereocenters. The number of benzene rings is 1. The molecule has 0 aliphatic rings. The van der Waals surface area contributed by atoms with Crippen LogP contribution in [0, 0.1) is 6.92 Å². The van der Waals surface area contributed by atoms with Gasteiger partial charge in [0.05, 0.1) is 5.69 Å². The number of rotatable bonds is 4. The minimum Gasteiger partial charge on any atom is -0.323 e. The van der Waals surface area contributed by atoms with Gasteiger partial charge in [-0.25, -0.2) is 4.98 Å². The van der Waals surface area contributed by atoms with Crippen molar-refractivity contribution in [2.24, 2.45) is 0 Å². The molecule has 0 aliphatic carbocycles. The third-order valence-electron chi connectivity index (χ3n) is 3.05. The molecule has 0 radical (unpaired) electrons. The summed E-state index contributed by atoms with van der Waals surface area (Å²) in [4.78, 5) is 5.74. The van der Waals surface area contributed by atoms with E-state index in [4.69, 9.17) is 28.2 Å². The highest BCUT2D eigenvalue weighted by molar-refractivity contribution is 7.99. The summed E-state index contributed by atoms with van der Waals surface area (Å²) in [5, 5.41) is 2.49. The van der Waals surface area contributed by atoms with Gasteiger partial charge in [-0.3, -0.25) is 0 Å². The SMILES string of the molecule is CCn1c(C)nc(C(C)C)c1Sc1cc(Cl)cc(Cl)c1. The summed E-state index contributed by atoms with van der Waals surface area (Å²) >= 11 is 13.8. The number of nitrogens with zero attached hydrogens (tertiary/aromatic N) is 2. The van der Waals surface area contributed by atoms with Crippen LogP contribution in [0.3, 0.4) is 0 Å². The Morgan fingerprint density at radius 2 is 1.80 bits per heavy atom. The van der Waals surface area contributed by atoms with Crippen LogP contribution in [-0.4, -0.2) is 9.55 Å². The first-order valence-corrected chi connectivity index (χ1v) is 8.20. The van der Waals surface area contributed by atoms with E-state index in [1.807, 2.05) is 19.1 Å². The van der Waals surface area contributed by atoms with E-state index in [-0.39, 0.29) is 0 Å². The molecular formula is C15H18Cl2N2S. The van der Waals surface area contributed by atoms with Crippen molar-refractivity contribution in [3.63, 3.8) is 0 Å². The molecule has 0 bridgehead atoms. The minimum absolute atomic E-state index is 0.388. The van der Waals surface area contributed by atoms with Crippen molar-refractivity contribution in [1.82, 2.24) is 9.55 Å². The number of halogens is 2. The monoisotopic (exact) mass is 328 g/mol. The van der Waals surface area contributed by atoms with Gasteiger partial charge in [-0.1, -0.05) is 48.8 Å². The van der Waals surface area contributed by atoms with Crippen molar-refractivity contribution in [1.29, 1.82) is 0 Å². The van der Waals surface area contributed by atoms with E-state index in [2.05, 4.69) is 25.3 Å². The zero-order valence-corrected chi connectivity index (χ0v) is 14.4.